The van der Waals surface area contributed by atoms with Crippen LogP contribution >= 0.6 is 11.6 Å². The van der Waals surface area contributed by atoms with Gasteiger partial charge in [-0.05, 0) is 57.0 Å². The molecule has 2 heterocycles. The first kappa shape index (κ1) is 25.9. The van der Waals surface area contributed by atoms with E-state index in [1.807, 2.05) is 0 Å². The Labute approximate surface area is 214 Å². The summed E-state index contributed by atoms with van der Waals surface area (Å²) in [6.07, 6.45) is 1.09. The van der Waals surface area contributed by atoms with E-state index >= 15 is 0 Å². The van der Waals surface area contributed by atoms with E-state index in [0.717, 1.165) is 0 Å². The molecule has 36 heavy (non-hydrogen) atoms. The zero-order valence-electron chi connectivity index (χ0n) is 20.0. The summed E-state index contributed by atoms with van der Waals surface area (Å²) in [5, 5.41) is 3.16. The van der Waals surface area contributed by atoms with Crippen molar-refractivity contribution in [1.29, 1.82) is 0 Å². The number of rotatable bonds is 7. The predicted octanol–water partition coefficient (Wildman–Crippen LogP) is 3.84. The second kappa shape index (κ2) is 10.8. The molecule has 0 bridgehead atoms. The third-order valence-electron chi connectivity index (χ3n) is 5.85. The van der Waals surface area contributed by atoms with Crippen molar-refractivity contribution in [2.75, 3.05) is 25.0 Å². The van der Waals surface area contributed by atoms with Gasteiger partial charge in [-0.25, -0.2) is 13.4 Å². The molecule has 4 rings (SSSR count). The Morgan fingerprint density at radius 3 is 2.81 bits per heavy atom. The molecule has 0 radical (unpaired) electrons. The van der Waals surface area contributed by atoms with Crippen LogP contribution in [0, 0.1) is 12.8 Å². The average molecular weight is 531 g/mol. The van der Waals surface area contributed by atoms with E-state index in [1.165, 1.54) is 22.5 Å². The molecule has 2 N–H and O–H groups in total. The highest BCUT2D eigenvalue weighted by molar-refractivity contribution is 7.89. The number of ether oxygens (including phenoxy) is 1. The second-order valence-electron chi connectivity index (χ2n) is 8.53. The molecule has 9 nitrogen and oxygen atoms in total. The van der Waals surface area contributed by atoms with Crippen molar-refractivity contribution >= 4 is 33.2 Å². The van der Waals surface area contributed by atoms with E-state index in [-0.39, 0.29) is 33.7 Å². The van der Waals surface area contributed by atoms with E-state index in [1.54, 1.807) is 44.2 Å². The van der Waals surface area contributed by atoms with E-state index < -0.39 is 15.9 Å². The highest BCUT2D eigenvalue weighted by Gasteiger charge is 2.35. The number of carbonyl (C=O) groups is 1. The zero-order chi connectivity index (χ0) is 25.9. The zero-order valence-corrected chi connectivity index (χ0v) is 21.5. The third-order valence-corrected chi connectivity index (χ3v) is 7.97. The van der Waals surface area contributed by atoms with Crippen molar-refractivity contribution in [3.05, 3.63) is 69.6 Å². The van der Waals surface area contributed by atoms with Crippen LogP contribution in [0.5, 0.6) is 5.75 Å². The number of aryl methyl sites for hydroxylation is 1. The fourth-order valence-electron chi connectivity index (χ4n) is 4.18. The molecule has 0 aliphatic carbocycles. The van der Waals surface area contributed by atoms with Gasteiger partial charge in [0.25, 0.3) is 5.56 Å². The Kier molecular flexibility index (Phi) is 7.77. The number of hydrogen-bond donors (Lipinski definition) is 2. The molecule has 0 saturated carbocycles. The number of sulfonamides is 1. The number of H-pyrrole nitrogens is 1. The lowest BCUT2D eigenvalue weighted by Gasteiger charge is -2.31. The van der Waals surface area contributed by atoms with Gasteiger partial charge in [0.1, 0.15) is 16.5 Å². The van der Waals surface area contributed by atoms with Gasteiger partial charge in [0.2, 0.25) is 15.9 Å². The molecule has 1 fully saturated rings. The largest absolute Gasteiger partial charge is 0.492 e. The van der Waals surface area contributed by atoms with Crippen LogP contribution in [0.15, 0.2) is 58.2 Å². The van der Waals surface area contributed by atoms with Crippen molar-refractivity contribution in [2.45, 2.75) is 31.6 Å². The number of anilines is 1. The number of nitrogens with one attached hydrogen (secondary N) is 2. The van der Waals surface area contributed by atoms with Gasteiger partial charge in [0.05, 0.1) is 12.5 Å². The topological polar surface area (TPSA) is 121 Å². The van der Waals surface area contributed by atoms with Crippen LogP contribution in [0.2, 0.25) is 5.02 Å². The molecular formula is C25H27ClN4O5S. The van der Waals surface area contributed by atoms with Gasteiger partial charge in [0.15, 0.2) is 0 Å². The van der Waals surface area contributed by atoms with Crippen LogP contribution in [0.25, 0.3) is 11.4 Å². The summed E-state index contributed by atoms with van der Waals surface area (Å²) < 4.78 is 33.7. The van der Waals surface area contributed by atoms with Crippen molar-refractivity contribution in [1.82, 2.24) is 14.3 Å². The maximum absolute atomic E-state index is 13.4. The molecule has 0 unspecified atom stereocenters. The first-order valence-corrected chi connectivity index (χ1v) is 13.4. The fraction of sp³-hybridized carbons (Fsp3) is 0.320. The van der Waals surface area contributed by atoms with Crippen LogP contribution in [-0.4, -0.2) is 48.3 Å². The minimum Gasteiger partial charge on any atom is -0.492 e. The number of piperidine rings is 1. The summed E-state index contributed by atoms with van der Waals surface area (Å²) in [6.45, 7) is 4.15. The van der Waals surface area contributed by atoms with Crippen LogP contribution in [0.4, 0.5) is 5.69 Å². The maximum atomic E-state index is 13.4. The number of aromatic nitrogens is 2. The number of benzene rings is 2. The average Bonchev–Trinajstić information content (AvgIpc) is 2.85. The minimum atomic E-state index is -3.93. The molecule has 3 aromatic rings. The summed E-state index contributed by atoms with van der Waals surface area (Å²) >= 11 is 6.08. The Morgan fingerprint density at radius 2 is 2.06 bits per heavy atom. The van der Waals surface area contributed by atoms with E-state index in [9.17, 15) is 18.0 Å². The van der Waals surface area contributed by atoms with Gasteiger partial charge in [-0.2, -0.15) is 4.31 Å². The minimum absolute atomic E-state index is 0.00902. The Bertz CT molecular complexity index is 1440. The van der Waals surface area contributed by atoms with E-state index in [2.05, 4.69) is 15.3 Å². The summed E-state index contributed by atoms with van der Waals surface area (Å²) in [7, 11) is -3.93. The number of halogens is 1. The lowest BCUT2D eigenvalue weighted by atomic mass is 9.98. The van der Waals surface area contributed by atoms with Gasteiger partial charge >= 0.3 is 0 Å². The first-order valence-electron chi connectivity index (χ1n) is 11.6. The quantitative estimate of drug-likeness (QED) is 0.478. The molecule has 1 saturated heterocycles. The summed E-state index contributed by atoms with van der Waals surface area (Å²) in [5.74, 6) is -0.191. The molecule has 2 aromatic carbocycles. The number of carbonyl (C=O) groups excluding carboxylic acids is 1. The predicted molar refractivity (Wildman–Crippen MR) is 138 cm³/mol. The lowest BCUT2D eigenvalue weighted by Crippen LogP contribution is -2.43. The molecule has 1 aliphatic heterocycles. The van der Waals surface area contributed by atoms with E-state index in [0.29, 0.717) is 48.8 Å². The Hall–Kier alpha value is -3.21. The van der Waals surface area contributed by atoms with E-state index in [4.69, 9.17) is 16.3 Å². The van der Waals surface area contributed by atoms with Crippen LogP contribution in [-0.2, 0) is 14.8 Å². The number of hydrogen-bond acceptors (Lipinski definition) is 6. The van der Waals surface area contributed by atoms with Crippen molar-refractivity contribution < 1.29 is 17.9 Å². The smallest absolute Gasteiger partial charge is 0.251 e. The van der Waals surface area contributed by atoms with Crippen LogP contribution in [0.3, 0.4) is 0 Å². The molecule has 190 valence electrons. The Balaban J connectivity index is 1.52. The highest BCUT2D eigenvalue weighted by Crippen LogP contribution is 2.32. The maximum Gasteiger partial charge on any atom is 0.251 e. The molecule has 1 aliphatic rings. The van der Waals surface area contributed by atoms with Crippen molar-refractivity contribution in [3.63, 3.8) is 0 Å². The fourth-order valence-corrected chi connectivity index (χ4v) is 6.09. The number of amides is 1. The van der Waals surface area contributed by atoms with Crippen molar-refractivity contribution in [2.24, 2.45) is 5.92 Å². The number of aromatic amines is 1. The Morgan fingerprint density at radius 1 is 1.25 bits per heavy atom. The first-order chi connectivity index (χ1) is 17.2. The monoisotopic (exact) mass is 530 g/mol. The van der Waals surface area contributed by atoms with Crippen LogP contribution in [0.1, 0.15) is 25.5 Å². The summed E-state index contributed by atoms with van der Waals surface area (Å²) in [5.41, 5.74) is 1.49. The molecular weight excluding hydrogens is 504 g/mol. The molecule has 1 amide bonds. The normalized spacial score (nSPS) is 16.5. The standard InChI is InChI=1S/C25H27ClN4O5S/c1-3-35-21-10-9-19(26)14-22(21)36(33,34)30-11-5-7-18(15-30)25(32)28-20-8-4-6-17(13-20)24-27-16(2)12-23(31)29-24/h4,6,8-10,12-14,18H,3,5,7,11,15H2,1-2H3,(H,28,32)(H,27,29,31)/t18-/m0/s1. The number of nitrogens with zero attached hydrogens (tertiary/aromatic N) is 2. The molecule has 1 atom stereocenters. The van der Waals surface area contributed by atoms with Crippen molar-refractivity contribution in [3.8, 4) is 17.1 Å². The van der Waals surface area contributed by atoms with Gasteiger partial charge in [0, 0.05) is 41.1 Å². The SMILES string of the molecule is CCOc1ccc(Cl)cc1S(=O)(=O)N1CCC[C@H](C(=O)Nc2cccc(-c3nc(C)cc(=O)[nH]3)c2)C1. The summed E-state index contributed by atoms with van der Waals surface area (Å²) in [4.78, 5) is 31.9. The second-order valence-corrected chi connectivity index (χ2v) is 10.9. The van der Waals surface area contributed by atoms with Gasteiger partial charge in [-0.1, -0.05) is 23.7 Å². The van der Waals surface area contributed by atoms with Gasteiger partial charge < -0.3 is 15.0 Å². The molecule has 0 spiro atoms. The van der Waals surface area contributed by atoms with Gasteiger partial charge in [-0.15, -0.1) is 0 Å². The van der Waals surface area contributed by atoms with Crippen LogP contribution < -0.4 is 15.6 Å². The third kappa shape index (κ3) is 5.77. The lowest BCUT2D eigenvalue weighted by molar-refractivity contribution is -0.120. The molecule has 1 aromatic heterocycles. The summed E-state index contributed by atoms with van der Waals surface area (Å²) in [6, 6.07) is 12.9. The molecule has 11 heteroatoms. The highest BCUT2D eigenvalue weighted by atomic mass is 35.5. The van der Waals surface area contributed by atoms with Gasteiger partial charge in [-0.3, -0.25) is 9.59 Å².